The van der Waals surface area contributed by atoms with Gasteiger partial charge in [-0.15, -0.1) is 11.8 Å². The van der Waals surface area contributed by atoms with E-state index in [1.165, 1.54) is 10.5 Å². The van der Waals surface area contributed by atoms with Gasteiger partial charge in [0, 0.05) is 11.4 Å². The first-order chi connectivity index (χ1) is 9.12. The van der Waals surface area contributed by atoms with Gasteiger partial charge in [-0.2, -0.15) is 0 Å². The second kappa shape index (κ2) is 8.30. The molecule has 1 atom stereocenters. The number of ether oxygens (including phenoxy) is 2. The number of aliphatic hydroxyl groups excluding tert-OH is 1. The molecule has 1 rings (SSSR count). The van der Waals surface area contributed by atoms with Crippen LogP contribution in [0.1, 0.15) is 18.9 Å². The topological polar surface area (TPSA) is 50.7 Å². The van der Waals surface area contributed by atoms with Crippen LogP contribution in [0.15, 0.2) is 17.0 Å². The number of aliphatic hydroxyl groups is 1. The lowest BCUT2D eigenvalue weighted by Gasteiger charge is -2.14. The zero-order valence-corrected chi connectivity index (χ0v) is 12.8. The highest BCUT2D eigenvalue weighted by molar-refractivity contribution is 7.98. The lowest BCUT2D eigenvalue weighted by Crippen LogP contribution is -2.19. The second-order valence-corrected chi connectivity index (χ2v) is 5.18. The predicted octanol–water partition coefficient (Wildman–Crippen LogP) is 2.29. The summed E-state index contributed by atoms with van der Waals surface area (Å²) < 4.78 is 10.6. The monoisotopic (exact) mass is 285 g/mol. The number of methoxy groups -OCH3 is 2. The van der Waals surface area contributed by atoms with Crippen molar-refractivity contribution in [1.82, 2.24) is 5.32 Å². The minimum absolute atomic E-state index is 0.266. The number of hydrogen-bond donors (Lipinski definition) is 2. The van der Waals surface area contributed by atoms with E-state index in [0.29, 0.717) is 0 Å². The van der Waals surface area contributed by atoms with Crippen molar-refractivity contribution in [2.45, 2.75) is 30.9 Å². The second-order valence-electron chi connectivity index (χ2n) is 4.33. The van der Waals surface area contributed by atoms with E-state index in [1.54, 1.807) is 32.9 Å². The van der Waals surface area contributed by atoms with E-state index in [0.717, 1.165) is 31.0 Å². The zero-order chi connectivity index (χ0) is 14.3. The molecule has 0 aromatic heterocycles. The molecule has 1 aromatic carbocycles. The standard InChI is InChI=1S/C14H23NO3S/c1-10(16)5-6-15-9-11-7-12(17-2)13(18-3)8-14(11)19-4/h7-8,10,15-16H,5-6,9H2,1-4H3. The lowest BCUT2D eigenvalue weighted by molar-refractivity contribution is 0.183. The van der Waals surface area contributed by atoms with Crippen molar-refractivity contribution < 1.29 is 14.6 Å². The van der Waals surface area contributed by atoms with Gasteiger partial charge in [0.25, 0.3) is 0 Å². The van der Waals surface area contributed by atoms with Crippen LogP contribution in [0.2, 0.25) is 0 Å². The molecule has 1 aromatic rings. The van der Waals surface area contributed by atoms with Gasteiger partial charge in [0.15, 0.2) is 11.5 Å². The molecule has 0 aliphatic heterocycles. The molecule has 0 saturated heterocycles. The third-order valence-corrected chi connectivity index (χ3v) is 3.66. The van der Waals surface area contributed by atoms with Gasteiger partial charge in [-0.25, -0.2) is 0 Å². The fourth-order valence-electron chi connectivity index (χ4n) is 1.76. The fourth-order valence-corrected chi connectivity index (χ4v) is 2.38. The SMILES string of the molecule is COc1cc(CNCCC(C)O)c(SC)cc1OC. The van der Waals surface area contributed by atoms with E-state index in [4.69, 9.17) is 9.47 Å². The van der Waals surface area contributed by atoms with Crippen molar-refractivity contribution in [3.8, 4) is 11.5 Å². The Morgan fingerprint density at radius 1 is 1.26 bits per heavy atom. The van der Waals surface area contributed by atoms with Gasteiger partial charge in [-0.05, 0) is 43.8 Å². The molecule has 0 saturated carbocycles. The van der Waals surface area contributed by atoms with Gasteiger partial charge in [-0.3, -0.25) is 0 Å². The summed E-state index contributed by atoms with van der Waals surface area (Å²) in [6, 6.07) is 4.00. The summed E-state index contributed by atoms with van der Waals surface area (Å²) >= 11 is 1.68. The van der Waals surface area contributed by atoms with Crippen LogP contribution in [0, 0.1) is 0 Å². The molecule has 4 nitrogen and oxygen atoms in total. The average Bonchev–Trinajstić information content (AvgIpc) is 2.42. The summed E-state index contributed by atoms with van der Waals surface area (Å²) in [6.07, 6.45) is 2.53. The normalized spacial score (nSPS) is 12.3. The van der Waals surface area contributed by atoms with Crippen molar-refractivity contribution in [1.29, 1.82) is 0 Å². The van der Waals surface area contributed by atoms with Crippen LogP contribution in [-0.2, 0) is 6.54 Å². The van der Waals surface area contributed by atoms with E-state index >= 15 is 0 Å². The molecule has 5 heteroatoms. The Balaban J connectivity index is 2.75. The van der Waals surface area contributed by atoms with Crippen LogP contribution >= 0.6 is 11.8 Å². The number of rotatable bonds is 8. The van der Waals surface area contributed by atoms with Gasteiger partial charge >= 0.3 is 0 Å². The Morgan fingerprint density at radius 3 is 2.42 bits per heavy atom. The van der Waals surface area contributed by atoms with E-state index in [9.17, 15) is 5.11 Å². The minimum atomic E-state index is -0.266. The molecular formula is C14H23NO3S. The number of hydrogen-bond acceptors (Lipinski definition) is 5. The van der Waals surface area contributed by atoms with E-state index in [1.807, 2.05) is 18.4 Å². The Bertz CT molecular complexity index is 397. The summed E-state index contributed by atoms with van der Waals surface area (Å²) in [5.41, 5.74) is 1.18. The largest absolute Gasteiger partial charge is 0.493 e. The summed E-state index contributed by atoms with van der Waals surface area (Å²) in [7, 11) is 3.28. The maximum absolute atomic E-state index is 9.22. The maximum Gasteiger partial charge on any atom is 0.161 e. The molecule has 0 spiro atoms. The molecule has 0 aliphatic rings. The third-order valence-electron chi connectivity index (χ3n) is 2.84. The predicted molar refractivity (Wildman–Crippen MR) is 79.3 cm³/mol. The van der Waals surface area contributed by atoms with Gasteiger partial charge in [0.2, 0.25) is 0 Å². The number of benzene rings is 1. The fraction of sp³-hybridized carbons (Fsp3) is 0.571. The Labute approximate surface area is 119 Å². The summed E-state index contributed by atoms with van der Waals surface area (Å²) in [5, 5.41) is 12.5. The highest BCUT2D eigenvalue weighted by Crippen LogP contribution is 2.34. The molecule has 19 heavy (non-hydrogen) atoms. The van der Waals surface area contributed by atoms with E-state index in [2.05, 4.69) is 5.32 Å². The highest BCUT2D eigenvalue weighted by Gasteiger charge is 2.10. The van der Waals surface area contributed by atoms with Crippen LogP contribution < -0.4 is 14.8 Å². The van der Waals surface area contributed by atoms with E-state index in [-0.39, 0.29) is 6.10 Å². The van der Waals surface area contributed by atoms with Gasteiger partial charge in [0.05, 0.1) is 20.3 Å². The molecule has 0 heterocycles. The molecule has 0 radical (unpaired) electrons. The molecule has 0 fully saturated rings. The molecule has 0 amide bonds. The first-order valence-electron chi connectivity index (χ1n) is 6.30. The van der Waals surface area contributed by atoms with Crippen LogP contribution in [0.5, 0.6) is 11.5 Å². The average molecular weight is 285 g/mol. The smallest absolute Gasteiger partial charge is 0.161 e. The van der Waals surface area contributed by atoms with Crippen LogP contribution in [0.3, 0.4) is 0 Å². The van der Waals surface area contributed by atoms with E-state index < -0.39 is 0 Å². The molecular weight excluding hydrogens is 262 g/mol. The maximum atomic E-state index is 9.22. The Hall–Kier alpha value is -0.910. The van der Waals surface area contributed by atoms with Crippen molar-refractivity contribution in [2.24, 2.45) is 0 Å². The van der Waals surface area contributed by atoms with Crippen LogP contribution in [0.4, 0.5) is 0 Å². The Morgan fingerprint density at radius 2 is 1.89 bits per heavy atom. The summed E-state index contributed by atoms with van der Waals surface area (Å²) in [5.74, 6) is 1.49. The quantitative estimate of drug-likeness (QED) is 0.567. The molecule has 0 bridgehead atoms. The first kappa shape index (κ1) is 16.1. The molecule has 0 aliphatic carbocycles. The molecule has 1 unspecified atom stereocenters. The third kappa shape index (κ3) is 4.93. The Kier molecular flexibility index (Phi) is 7.05. The summed E-state index contributed by atoms with van der Waals surface area (Å²) in [6.45, 7) is 3.34. The van der Waals surface area contributed by atoms with Crippen molar-refractivity contribution in [3.05, 3.63) is 17.7 Å². The number of nitrogens with one attached hydrogen (secondary N) is 1. The highest BCUT2D eigenvalue weighted by atomic mass is 32.2. The van der Waals surface area contributed by atoms with Crippen LogP contribution in [0.25, 0.3) is 0 Å². The molecule has 108 valence electrons. The lowest BCUT2D eigenvalue weighted by atomic mass is 10.2. The van der Waals surface area contributed by atoms with Crippen molar-refractivity contribution >= 4 is 11.8 Å². The minimum Gasteiger partial charge on any atom is -0.493 e. The zero-order valence-electron chi connectivity index (χ0n) is 12.0. The summed E-state index contributed by atoms with van der Waals surface area (Å²) in [4.78, 5) is 1.17. The number of thioether (sulfide) groups is 1. The first-order valence-corrected chi connectivity index (χ1v) is 7.52. The van der Waals surface area contributed by atoms with Gasteiger partial charge in [0.1, 0.15) is 0 Å². The van der Waals surface area contributed by atoms with Crippen LogP contribution in [-0.4, -0.2) is 38.2 Å². The van der Waals surface area contributed by atoms with Crippen molar-refractivity contribution in [3.63, 3.8) is 0 Å². The van der Waals surface area contributed by atoms with Gasteiger partial charge in [-0.1, -0.05) is 0 Å². The van der Waals surface area contributed by atoms with Crippen molar-refractivity contribution in [2.75, 3.05) is 27.0 Å². The molecule has 2 N–H and O–H groups in total. The van der Waals surface area contributed by atoms with Gasteiger partial charge < -0.3 is 19.9 Å².